The number of allylic oxidation sites excluding steroid dienone is 1. The lowest BCUT2D eigenvalue weighted by atomic mass is 10.2. The van der Waals surface area contributed by atoms with Gasteiger partial charge in [-0.1, -0.05) is 26.3 Å². The van der Waals surface area contributed by atoms with E-state index in [1.165, 1.54) is 0 Å². The molecular weight excluding hydrogens is 272 g/mol. The van der Waals surface area contributed by atoms with Crippen molar-refractivity contribution in [3.8, 4) is 0 Å². The fourth-order valence-corrected chi connectivity index (χ4v) is 1.57. The number of nitrogens with one attached hydrogen (secondary N) is 2. The van der Waals surface area contributed by atoms with E-state index >= 15 is 0 Å². The maximum absolute atomic E-state index is 11.2. The number of unbranched alkanes of at least 4 members (excludes halogenated alkanes) is 3. The molecule has 0 aromatic rings. The van der Waals surface area contributed by atoms with Crippen LogP contribution in [0.5, 0.6) is 0 Å². The summed E-state index contributed by atoms with van der Waals surface area (Å²) in [5.41, 5.74) is 0. The average Bonchev–Trinajstić information content (AvgIpc) is 2.41. The third-order valence-corrected chi connectivity index (χ3v) is 2.67. The summed E-state index contributed by atoms with van der Waals surface area (Å²) in [6.07, 6.45) is 4.88. The molecule has 6 nitrogen and oxygen atoms in total. The summed E-state index contributed by atoms with van der Waals surface area (Å²) < 4.78 is 9.68. The first-order valence-corrected chi connectivity index (χ1v) is 7.52. The predicted octanol–water partition coefficient (Wildman–Crippen LogP) is 2.70. The van der Waals surface area contributed by atoms with E-state index in [2.05, 4.69) is 17.2 Å². The molecule has 0 atom stereocenters. The molecule has 0 radical (unpaired) electrons. The highest BCUT2D eigenvalue weighted by atomic mass is 16.7. The van der Waals surface area contributed by atoms with Gasteiger partial charge in [0.05, 0.1) is 5.76 Å². The minimum absolute atomic E-state index is 0.112. The second-order valence-corrected chi connectivity index (χ2v) is 4.84. The molecule has 21 heavy (non-hydrogen) atoms. The quantitative estimate of drug-likeness (QED) is 0.330. The Kier molecular flexibility index (Phi) is 12.2. The van der Waals surface area contributed by atoms with Gasteiger partial charge in [-0.25, -0.2) is 4.79 Å². The molecule has 0 spiro atoms. The SMILES string of the molecule is C=C(C)OCOC(=O)NCCCCCCNC(=O)CCC. The molecular formula is C15H28N2O4. The minimum Gasteiger partial charge on any atom is -0.463 e. The van der Waals surface area contributed by atoms with E-state index in [4.69, 9.17) is 9.47 Å². The summed E-state index contributed by atoms with van der Waals surface area (Å²) in [5, 5.41) is 5.52. The second kappa shape index (κ2) is 13.3. The van der Waals surface area contributed by atoms with Gasteiger partial charge in [-0.05, 0) is 26.2 Å². The number of carbonyl (C=O) groups is 2. The van der Waals surface area contributed by atoms with Crippen molar-refractivity contribution in [1.29, 1.82) is 0 Å². The number of carbonyl (C=O) groups excluding carboxylic acids is 2. The third kappa shape index (κ3) is 14.5. The number of ether oxygens (including phenoxy) is 2. The maximum atomic E-state index is 11.2. The highest BCUT2D eigenvalue weighted by molar-refractivity contribution is 5.75. The lowest BCUT2D eigenvalue weighted by Gasteiger charge is -2.08. The summed E-state index contributed by atoms with van der Waals surface area (Å²) in [5.74, 6) is 0.632. The Bertz CT molecular complexity index is 319. The van der Waals surface area contributed by atoms with Gasteiger partial charge < -0.3 is 20.1 Å². The van der Waals surface area contributed by atoms with E-state index in [1.54, 1.807) is 6.92 Å². The van der Waals surface area contributed by atoms with Crippen molar-refractivity contribution in [3.05, 3.63) is 12.3 Å². The topological polar surface area (TPSA) is 76.7 Å². The molecule has 0 bridgehead atoms. The van der Waals surface area contributed by atoms with Gasteiger partial charge in [0.2, 0.25) is 12.7 Å². The lowest BCUT2D eigenvalue weighted by molar-refractivity contribution is -0.121. The predicted molar refractivity (Wildman–Crippen MR) is 81.6 cm³/mol. The standard InChI is InChI=1S/C15H28N2O4/c1-4-9-14(18)16-10-7-5-6-8-11-17-15(19)21-12-20-13(2)3/h2,4-12H2,1,3H3,(H,16,18)(H,17,19). The first kappa shape index (κ1) is 19.3. The van der Waals surface area contributed by atoms with Crippen molar-refractivity contribution in [2.24, 2.45) is 0 Å². The zero-order chi connectivity index (χ0) is 15.9. The molecule has 2 N–H and O–H groups in total. The van der Waals surface area contributed by atoms with Crippen molar-refractivity contribution in [3.63, 3.8) is 0 Å². The Balaban J connectivity index is 3.26. The van der Waals surface area contributed by atoms with Crippen LogP contribution in [0.15, 0.2) is 12.3 Å². The summed E-state index contributed by atoms with van der Waals surface area (Å²) in [6.45, 7) is 8.39. The van der Waals surface area contributed by atoms with Crippen LogP contribution in [0.2, 0.25) is 0 Å². The Morgan fingerprint density at radius 1 is 1.00 bits per heavy atom. The molecule has 0 saturated carbocycles. The van der Waals surface area contributed by atoms with Crippen molar-refractivity contribution < 1.29 is 19.1 Å². The van der Waals surface area contributed by atoms with E-state index in [0.29, 0.717) is 18.7 Å². The molecule has 0 rings (SSSR count). The van der Waals surface area contributed by atoms with Crippen LogP contribution in [-0.4, -0.2) is 31.9 Å². The lowest BCUT2D eigenvalue weighted by Crippen LogP contribution is -2.26. The van der Waals surface area contributed by atoms with Gasteiger partial charge in [0.15, 0.2) is 0 Å². The molecule has 6 heteroatoms. The van der Waals surface area contributed by atoms with Crippen LogP contribution in [0.25, 0.3) is 0 Å². The third-order valence-electron chi connectivity index (χ3n) is 2.67. The molecule has 2 amide bonds. The molecule has 0 aromatic carbocycles. The van der Waals surface area contributed by atoms with Crippen molar-refractivity contribution in [2.45, 2.75) is 52.4 Å². The molecule has 0 saturated heterocycles. The molecule has 0 aromatic heterocycles. The van der Waals surface area contributed by atoms with E-state index in [0.717, 1.165) is 38.6 Å². The van der Waals surface area contributed by atoms with Crippen LogP contribution in [0.1, 0.15) is 52.4 Å². The molecule has 0 aliphatic carbocycles. The zero-order valence-corrected chi connectivity index (χ0v) is 13.2. The van der Waals surface area contributed by atoms with Gasteiger partial charge >= 0.3 is 6.09 Å². The van der Waals surface area contributed by atoms with Gasteiger partial charge in [0.1, 0.15) is 0 Å². The average molecular weight is 300 g/mol. The normalized spacial score (nSPS) is 9.81. The zero-order valence-electron chi connectivity index (χ0n) is 13.2. The number of amides is 2. The van der Waals surface area contributed by atoms with Crippen LogP contribution in [-0.2, 0) is 14.3 Å². The molecule has 122 valence electrons. The fourth-order valence-electron chi connectivity index (χ4n) is 1.57. The first-order chi connectivity index (χ1) is 10.1. The van der Waals surface area contributed by atoms with Crippen molar-refractivity contribution in [1.82, 2.24) is 10.6 Å². The van der Waals surface area contributed by atoms with E-state index in [9.17, 15) is 9.59 Å². The molecule has 0 aliphatic rings. The van der Waals surface area contributed by atoms with Crippen LogP contribution in [0, 0.1) is 0 Å². The van der Waals surface area contributed by atoms with Crippen molar-refractivity contribution >= 4 is 12.0 Å². The van der Waals surface area contributed by atoms with Crippen LogP contribution < -0.4 is 10.6 Å². The Hall–Kier alpha value is -1.72. The molecule has 0 fully saturated rings. The van der Waals surface area contributed by atoms with Crippen LogP contribution in [0.4, 0.5) is 4.79 Å². The molecule has 0 heterocycles. The summed E-state index contributed by atoms with van der Waals surface area (Å²) in [7, 11) is 0. The number of hydrogen-bond acceptors (Lipinski definition) is 4. The van der Waals surface area contributed by atoms with E-state index < -0.39 is 6.09 Å². The van der Waals surface area contributed by atoms with Gasteiger partial charge in [-0.15, -0.1) is 0 Å². The van der Waals surface area contributed by atoms with E-state index in [1.807, 2.05) is 6.92 Å². The van der Waals surface area contributed by atoms with Crippen LogP contribution in [0.3, 0.4) is 0 Å². The Labute approximate surface area is 127 Å². The summed E-state index contributed by atoms with van der Waals surface area (Å²) in [4.78, 5) is 22.4. The highest BCUT2D eigenvalue weighted by Gasteiger charge is 2.01. The van der Waals surface area contributed by atoms with Gasteiger partial charge in [-0.3, -0.25) is 4.79 Å². The highest BCUT2D eigenvalue weighted by Crippen LogP contribution is 1.98. The minimum atomic E-state index is -0.483. The largest absolute Gasteiger partial charge is 0.463 e. The van der Waals surface area contributed by atoms with Gasteiger partial charge in [-0.2, -0.15) is 0 Å². The van der Waals surface area contributed by atoms with Crippen molar-refractivity contribution in [2.75, 3.05) is 19.9 Å². The Morgan fingerprint density at radius 2 is 1.62 bits per heavy atom. The monoisotopic (exact) mass is 300 g/mol. The smallest absolute Gasteiger partial charge is 0.410 e. The summed E-state index contributed by atoms with van der Waals surface area (Å²) >= 11 is 0. The molecule has 0 aliphatic heterocycles. The van der Waals surface area contributed by atoms with Gasteiger partial charge in [0.25, 0.3) is 0 Å². The maximum Gasteiger partial charge on any atom is 0.410 e. The van der Waals surface area contributed by atoms with Crippen LogP contribution >= 0.6 is 0 Å². The Morgan fingerprint density at radius 3 is 2.19 bits per heavy atom. The fraction of sp³-hybridized carbons (Fsp3) is 0.733. The van der Waals surface area contributed by atoms with Gasteiger partial charge in [0, 0.05) is 19.5 Å². The van der Waals surface area contributed by atoms with E-state index in [-0.39, 0.29) is 12.7 Å². The number of rotatable bonds is 12. The first-order valence-electron chi connectivity index (χ1n) is 7.52. The number of hydrogen-bond donors (Lipinski definition) is 2. The second-order valence-electron chi connectivity index (χ2n) is 4.84. The number of alkyl carbamates (subject to hydrolysis) is 1. The molecule has 0 unspecified atom stereocenters. The summed E-state index contributed by atoms with van der Waals surface area (Å²) in [6, 6.07) is 0.